The molecule has 1 aromatic rings. The van der Waals surface area contributed by atoms with Crippen molar-refractivity contribution in [3.63, 3.8) is 0 Å². The number of unbranched alkanes of at least 4 members (excludes halogenated alkanes) is 6. The van der Waals surface area contributed by atoms with E-state index in [0.717, 1.165) is 18.4 Å². The molecule has 0 atom stereocenters. The summed E-state index contributed by atoms with van der Waals surface area (Å²) in [6, 6.07) is 7.59. The van der Waals surface area contributed by atoms with Crippen LogP contribution in [0.15, 0.2) is 24.3 Å². The van der Waals surface area contributed by atoms with Crippen molar-refractivity contribution in [2.45, 2.75) is 58.3 Å². The van der Waals surface area contributed by atoms with E-state index >= 15 is 0 Å². The third kappa shape index (κ3) is 9.27. The molecule has 0 unspecified atom stereocenters. The van der Waals surface area contributed by atoms with E-state index in [0.29, 0.717) is 5.75 Å². The van der Waals surface area contributed by atoms with Gasteiger partial charge in [0, 0.05) is 27.3 Å². The molecule has 0 saturated carbocycles. The molecule has 3 nitrogen and oxygen atoms in total. The van der Waals surface area contributed by atoms with Crippen molar-refractivity contribution in [2.75, 3.05) is 0 Å². The van der Waals surface area contributed by atoms with Gasteiger partial charge in [-0.05, 0) is 24.5 Å². The van der Waals surface area contributed by atoms with Gasteiger partial charge in [0.05, 0.1) is 0 Å². The maximum absolute atomic E-state index is 8.92. The van der Waals surface area contributed by atoms with Crippen LogP contribution in [-0.2, 0) is 6.42 Å². The first kappa shape index (κ1) is 20.3. The molecule has 112 valence electrons. The molecule has 4 radical (unpaired) electrons. The molecule has 1 aromatic carbocycles. The maximum Gasteiger partial charge on any atom is 0.391 e. The van der Waals surface area contributed by atoms with Crippen LogP contribution in [0.3, 0.4) is 0 Å². The largest absolute Gasteiger partial charge is 0.427 e. The average Bonchev–Trinajstić information content (AvgIpc) is 2.39. The molecular formula is C15H25O3PPb. The summed E-state index contributed by atoms with van der Waals surface area (Å²) in [4.78, 5) is 17.8. The fourth-order valence-corrected chi connectivity index (χ4v) is 2.51. The van der Waals surface area contributed by atoms with Gasteiger partial charge in [0.1, 0.15) is 5.75 Å². The zero-order chi connectivity index (χ0) is 13.9. The van der Waals surface area contributed by atoms with Gasteiger partial charge in [-0.15, -0.1) is 0 Å². The van der Waals surface area contributed by atoms with E-state index in [-0.39, 0.29) is 27.3 Å². The Labute approximate surface area is 143 Å². The van der Waals surface area contributed by atoms with E-state index in [9.17, 15) is 0 Å². The molecule has 0 amide bonds. The minimum atomic E-state index is -2.32. The normalized spacial score (nSPS) is 10.4. The van der Waals surface area contributed by atoms with Gasteiger partial charge in [0.2, 0.25) is 0 Å². The molecule has 0 aliphatic heterocycles. The van der Waals surface area contributed by atoms with Crippen molar-refractivity contribution < 1.29 is 14.3 Å². The average molecular weight is 492 g/mol. The Hall–Kier alpha value is 0.292. The molecule has 5 heteroatoms. The predicted octanol–water partition coefficient (Wildman–Crippen LogP) is 4.19. The molecule has 2 N–H and O–H groups in total. The second-order valence-electron chi connectivity index (χ2n) is 4.82. The first-order valence-corrected chi connectivity index (χ1v) is 8.34. The van der Waals surface area contributed by atoms with Crippen molar-refractivity contribution in [2.24, 2.45) is 0 Å². The number of rotatable bonds is 10. The molecule has 0 bridgehead atoms. The van der Waals surface area contributed by atoms with Gasteiger partial charge in [-0.3, -0.25) is 0 Å². The Morgan fingerprint density at radius 3 is 2.20 bits per heavy atom. The Balaban J connectivity index is 0.00000361. The van der Waals surface area contributed by atoms with Crippen LogP contribution in [0.5, 0.6) is 5.75 Å². The quantitative estimate of drug-likeness (QED) is 0.293. The van der Waals surface area contributed by atoms with E-state index in [2.05, 4.69) is 6.92 Å². The molecule has 0 fully saturated rings. The van der Waals surface area contributed by atoms with Crippen LogP contribution in [-0.4, -0.2) is 37.1 Å². The fourth-order valence-electron chi connectivity index (χ4n) is 2.16. The van der Waals surface area contributed by atoms with E-state index in [1.807, 2.05) is 18.2 Å². The molecular weight excluding hydrogens is 466 g/mol. The number of hydrogen-bond acceptors (Lipinski definition) is 3. The second kappa shape index (κ2) is 13.0. The standard InChI is InChI=1S/C15H25O3P.Pb/c1-2-3-4-5-6-7-8-11-14-12-9-10-13-15(14)18-19(16)17;/h9-10,12-13,16-17H,2-8,11H2,1H3;. The summed E-state index contributed by atoms with van der Waals surface area (Å²) in [6.45, 7) is 2.23. The van der Waals surface area contributed by atoms with Gasteiger partial charge < -0.3 is 14.3 Å². The monoisotopic (exact) mass is 492 g/mol. The second-order valence-corrected chi connectivity index (χ2v) is 5.51. The van der Waals surface area contributed by atoms with Crippen LogP contribution in [0.2, 0.25) is 0 Å². The summed E-state index contributed by atoms with van der Waals surface area (Å²) >= 11 is 0. The van der Waals surface area contributed by atoms with Gasteiger partial charge >= 0.3 is 8.60 Å². The zero-order valence-corrected chi connectivity index (χ0v) is 17.0. The molecule has 0 saturated heterocycles. The number of hydrogen-bond donors (Lipinski definition) is 2. The summed E-state index contributed by atoms with van der Waals surface area (Å²) in [5.41, 5.74) is 1.06. The minimum absolute atomic E-state index is 0. The Bertz CT molecular complexity index is 348. The Kier molecular flexibility index (Phi) is 13.2. The van der Waals surface area contributed by atoms with Crippen molar-refractivity contribution >= 4 is 35.9 Å². The van der Waals surface area contributed by atoms with Gasteiger partial charge in [-0.25, -0.2) is 0 Å². The molecule has 0 aromatic heterocycles. The first-order chi connectivity index (χ1) is 9.24. The summed E-state index contributed by atoms with van der Waals surface area (Å²) in [6.07, 6.45) is 9.87. The molecule has 0 heterocycles. The summed E-state index contributed by atoms with van der Waals surface area (Å²) in [5.74, 6) is 0.601. The van der Waals surface area contributed by atoms with E-state index in [1.165, 1.54) is 38.5 Å². The van der Waals surface area contributed by atoms with Crippen molar-refractivity contribution in [3.8, 4) is 5.75 Å². The van der Waals surface area contributed by atoms with Gasteiger partial charge in [0.15, 0.2) is 0 Å². The number of para-hydroxylation sites is 1. The fraction of sp³-hybridized carbons (Fsp3) is 0.600. The van der Waals surface area contributed by atoms with E-state index in [4.69, 9.17) is 14.3 Å². The van der Waals surface area contributed by atoms with E-state index < -0.39 is 8.60 Å². The topological polar surface area (TPSA) is 49.7 Å². The van der Waals surface area contributed by atoms with Gasteiger partial charge in [-0.1, -0.05) is 63.6 Å². The summed E-state index contributed by atoms with van der Waals surface area (Å²) in [7, 11) is -2.32. The third-order valence-electron chi connectivity index (χ3n) is 3.20. The van der Waals surface area contributed by atoms with Gasteiger partial charge in [-0.2, -0.15) is 0 Å². The summed E-state index contributed by atoms with van der Waals surface area (Å²) in [5, 5.41) is 0. The van der Waals surface area contributed by atoms with Crippen molar-refractivity contribution in [3.05, 3.63) is 29.8 Å². The van der Waals surface area contributed by atoms with Gasteiger partial charge in [0.25, 0.3) is 0 Å². The van der Waals surface area contributed by atoms with Crippen LogP contribution in [0.1, 0.15) is 57.4 Å². The summed E-state index contributed by atoms with van der Waals surface area (Å²) < 4.78 is 5.03. The molecule has 1 rings (SSSR count). The van der Waals surface area contributed by atoms with Crippen molar-refractivity contribution in [1.29, 1.82) is 0 Å². The predicted molar refractivity (Wildman–Crippen MR) is 85.9 cm³/mol. The van der Waals surface area contributed by atoms with Crippen LogP contribution >= 0.6 is 8.60 Å². The molecule has 0 spiro atoms. The maximum atomic E-state index is 8.92. The number of aryl methyl sites for hydroxylation is 1. The van der Waals surface area contributed by atoms with Crippen LogP contribution in [0, 0.1) is 0 Å². The smallest absolute Gasteiger partial charge is 0.391 e. The molecule has 0 aliphatic carbocycles. The first-order valence-electron chi connectivity index (χ1n) is 7.17. The molecule has 20 heavy (non-hydrogen) atoms. The Morgan fingerprint density at radius 1 is 0.950 bits per heavy atom. The zero-order valence-electron chi connectivity index (χ0n) is 12.2. The van der Waals surface area contributed by atoms with Crippen molar-refractivity contribution in [1.82, 2.24) is 0 Å². The van der Waals surface area contributed by atoms with Crippen LogP contribution < -0.4 is 4.52 Å². The van der Waals surface area contributed by atoms with Crippen LogP contribution in [0.4, 0.5) is 0 Å². The Morgan fingerprint density at radius 2 is 1.55 bits per heavy atom. The SMILES string of the molecule is CCCCCCCCCc1ccccc1OP(O)O.[Pb]. The third-order valence-corrected chi connectivity index (χ3v) is 3.56. The van der Waals surface area contributed by atoms with E-state index in [1.54, 1.807) is 6.07 Å². The molecule has 0 aliphatic rings. The van der Waals surface area contributed by atoms with Crippen LogP contribution in [0.25, 0.3) is 0 Å². The number of benzene rings is 1. The minimum Gasteiger partial charge on any atom is -0.427 e.